The lowest BCUT2D eigenvalue weighted by molar-refractivity contribution is 0.603. The van der Waals surface area contributed by atoms with Crippen LogP contribution < -0.4 is 5.32 Å². The van der Waals surface area contributed by atoms with Gasteiger partial charge < -0.3 is 5.32 Å². The van der Waals surface area contributed by atoms with Crippen LogP contribution in [-0.4, -0.2) is 4.98 Å². The zero-order valence-electron chi connectivity index (χ0n) is 12.2. The van der Waals surface area contributed by atoms with Crippen molar-refractivity contribution in [2.24, 2.45) is 0 Å². The van der Waals surface area contributed by atoms with E-state index < -0.39 is 11.6 Å². The molecule has 0 saturated carbocycles. The fourth-order valence-corrected chi connectivity index (χ4v) is 3.56. The number of aryl methyl sites for hydroxylation is 1. The normalized spacial score (nSPS) is 11.3. The molecule has 1 N–H and O–H groups in total. The quantitative estimate of drug-likeness (QED) is 0.505. The van der Waals surface area contributed by atoms with Crippen molar-refractivity contribution in [3.63, 3.8) is 0 Å². The van der Waals surface area contributed by atoms with E-state index in [1.54, 1.807) is 11.3 Å². The van der Waals surface area contributed by atoms with Crippen LogP contribution in [0.4, 0.5) is 20.3 Å². The largest absolute Gasteiger partial charge is 0.337 e. The molecule has 0 spiro atoms. The smallest absolute Gasteiger partial charge is 0.146 e. The number of halogens is 2. The van der Waals surface area contributed by atoms with Crippen molar-refractivity contribution in [3.8, 4) is 0 Å². The number of hydrogen-bond acceptors (Lipinski definition) is 3. The summed E-state index contributed by atoms with van der Waals surface area (Å²) in [5.41, 5.74) is 2.01. The monoisotopic (exact) mass is 326 g/mol. The average Bonchev–Trinajstić information content (AvgIpc) is 3.00. The number of aromatic nitrogens is 1. The first-order valence-corrected chi connectivity index (χ1v) is 7.99. The molecular weight excluding hydrogens is 314 g/mol. The summed E-state index contributed by atoms with van der Waals surface area (Å²) in [7, 11) is 0. The third kappa shape index (κ3) is 2.43. The summed E-state index contributed by atoms with van der Waals surface area (Å²) in [6.07, 6.45) is 0. The van der Waals surface area contributed by atoms with Gasteiger partial charge in [0.2, 0.25) is 0 Å². The first-order chi connectivity index (χ1) is 11.1. The van der Waals surface area contributed by atoms with Crippen LogP contribution >= 0.6 is 11.3 Å². The van der Waals surface area contributed by atoms with Gasteiger partial charge in [0.25, 0.3) is 0 Å². The predicted molar refractivity (Wildman–Crippen MR) is 91.5 cm³/mol. The average molecular weight is 326 g/mol. The lowest BCUT2D eigenvalue weighted by Crippen LogP contribution is -1.98. The molecule has 114 valence electrons. The van der Waals surface area contributed by atoms with Crippen molar-refractivity contribution in [1.29, 1.82) is 0 Å². The molecule has 0 aliphatic rings. The molecule has 0 aliphatic carbocycles. The van der Waals surface area contributed by atoms with Crippen LogP contribution in [0, 0.1) is 18.6 Å². The Kier molecular flexibility index (Phi) is 3.23. The number of rotatable bonds is 2. The maximum atomic E-state index is 13.9. The minimum Gasteiger partial charge on any atom is -0.337 e. The molecule has 0 bridgehead atoms. The van der Waals surface area contributed by atoms with E-state index in [1.807, 2.05) is 36.6 Å². The lowest BCUT2D eigenvalue weighted by atomic mass is 10.1. The van der Waals surface area contributed by atoms with Gasteiger partial charge in [-0.05, 0) is 42.1 Å². The summed E-state index contributed by atoms with van der Waals surface area (Å²) in [5.74, 6) is -0.475. The van der Waals surface area contributed by atoms with Crippen LogP contribution in [-0.2, 0) is 0 Å². The number of thiophene rings is 1. The van der Waals surface area contributed by atoms with E-state index >= 15 is 0 Å². The molecule has 0 saturated heterocycles. The van der Waals surface area contributed by atoms with Gasteiger partial charge in [-0.15, -0.1) is 11.3 Å². The molecule has 0 fully saturated rings. The molecule has 5 heteroatoms. The predicted octanol–water partition coefficient (Wildman–Crippen LogP) is 5.78. The van der Waals surface area contributed by atoms with E-state index in [4.69, 9.17) is 0 Å². The van der Waals surface area contributed by atoms with Gasteiger partial charge in [0.1, 0.15) is 17.5 Å². The van der Waals surface area contributed by atoms with E-state index in [1.165, 1.54) is 0 Å². The number of fused-ring (bicyclic) bond motifs is 3. The molecule has 4 aromatic rings. The molecule has 2 aromatic heterocycles. The van der Waals surface area contributed by atoms with Crippen LogP contribution in [0.3, 0.4) is 0 Å². The Bertz CT molecular complexity index is 1040. The van der Waals surface area contributed by atoms with Crippen LogP contribution in [0.25, 0.3) is 21.0 Å². The van der Waals surface area contributed by atoms with Crippen LogP contribution in [0.2, 0.25) is 0 Å². The van der Waals surface area contributed by atoms with E-state index in [0.717, 1.165) is 44.8 Å². The van der Waals surface area contributed by atoms with Gasteiger partial charge in [-0.25, -0.2) is 13.8 Å². The van der Waals surface area contributed by atoms with Crippen LogP contribution in [0.1, 0.15) is 5.56 Å². The summed E-state index contributed by atoms with van der Waals surface area (Å²) in [4.78, 5) is 4.61. The highest BCUT2D eigenvalue weighted by atomic mass is 32.1. The Morgan fingerprint density at radius 3 is 2.74 bits per heavy atom. The SMILES string of the molecule is Cc1ccc2c(c1)nc(Nc1cc(F)ccc1F)c1ccsc12. The minimum atomic E-state index is -0.513. The summed E-state index contributed by atoms with van der Waals surface area (Å²) >= 11 is 1.61. The van der Waals surface area contributed by atoms with Gasteiger partial charge in [0.05, 0.1) is 11.2 Å². The summed E-state index contributed by atoms with van der Waals surface area (Å²) in [5, 5.41) is 6.86. The first kappa shape index (κ1) is 14.1. The fourth-order valence-electron chi connectivity index (χ4n) is 2.63. The first-order valence-electron chi connectivity index (χ1n) is 7.11. The second kappa shape index (κ2) is 5.28. The Labute approximate surface area is 135 Å². The van der Waals surface area contributed by atoms with Gasteiger partial charge in [-0.3, -0.25) is 0 Å². The summed E-state index contributed by atoms with van der Waals surface area (Å²) in [6, 6.07) is 11.3. The van der Waals surface area contributed by atoms with Crippen molar-refractivity contribution in [2.75, 3.05) is 5.32 Å². The van der Waals surface area contributed by atoms with Crippen molar-refractivity contribution in [1.82, 2.24) is 4.98 Å². The van der Waals surface area contributed by atoms with Gasteiger partial charge in [0.15, 0.2) is 0 Å². The third-order valence-corrected chi connectivity index (χ3v) is 4.68. The maximum absolute atomic E-state index is 13.9. The van der Waals surface area contributed by atoms with Crippen LogP contribution in [0.15, 0.2) is 47.8 Å². The third-order valence-electron chi connectivity index (χ3n) is 3.73. The van der Waals surface area contributed by atoms with E-state index in [2.05, 4.69) is 10.3 Å². The molecule has 23 heavy (non-hydrogen) atoms. The van der Waals surface area contributed by atoms with Crippen LogP contribution in [0.5, 0.6) is 0 Å². The van der Waals surface area contributed by atoms with E-state index in [-0.39, 0.29) is 5.69 Å². The second-order valence-electron chi connectivity index (χ2n) is 5.39. The minimum absolute atomic E-state index is 0.0806. The number of benzene rings is 2. The van der Waals surface area contributed by atoms with E-state index in [9.17, 15) is 8.78 Å². The van der Waals surface area contributed by atoms with Crippen molar-refractivity contribution < 1.29 is 8.78 Å². The van der Waals surface area contributed by atoms with Crippen molar-refractivity contribution in [2.45, 2.75) is 6.92 Å². The molecular formula is C18H12F2N2S. The Morgan fingerprint density at radius 2 is 1.87 bits per heavy atom. The number of pyridine rings is 1. The Balaban J connectivity index is 1.94. The molecule has 0 aliphatic heterocycles. The standard InChI is InChI=1S/C18H12F2N2S/c1-10-2-4-12-15(8-10)21-18(13-6-7-23-17(12)13)22-16-9-11(19)3-5-14(16)20/h2-9H,1H3,(H,21,22). The molecule has 0 unspecified atom stereocenters. The highest BCUT2D eigenvalue weighted by Crippen LogP contribution is 2.35. The molecule has 2 aromatic carbocycles. The number of anilines is 2. The van der Waals surface area contributed by atoms with E-state index in [0.29, 0.717) is 5.82 Å². The van der Waals surface area contributed by atoms with Gasteiger partial charge in [0, 0.05) is 21.5 Å². The maximum Gasteiger partial charge on any atom is 0.146 e. The number of nitrogens with zero attached hydrogens (tertiary/aromatic N) is 1. The Morgan fingerprint density at radius 1 is 1.00 bits per heavy atom. The molecule has 0 atom stereocenters. The number of hydrogen-bond donors (Lipinski definition) is 1. The lowest BCUT2D eigenvalue weighted by Gasteiger charge is -2.10. The highest BCUT2D eigenvalue weighted by Gasteiger charge is 2.12. The molecule has 4 rings (SSSR count). The zero-order valence-corrected chi connectivity index (χ0v) is 13.0. The van der Waals surface area contributed by atoms with Gasteiger partial charge in [-0.1, -0.05) is 12.1 Å². The molecule has 0 amide bonds. The molecule has 2 nitrogen and oxygen atoms in total. The number of nitrogens with one attached hydrogen (secondary N) is 1. The fraction of sp³-hybridized carbons (Fsp3) is 0.0556. The molecule has 0 radical (unpaired) electrons. The van der Waals surface area contributed by atoms with Gasteiger partial charge >= 0.3 is 0 Å². The second-order valence-corrected chi connectivity index (χ2v) is 6.31. The Hall–Kier alpha value is -2.53. The summed E-state index contributed by atoms with van der Waals surface area (Å²) in [6.45, 7) is 2.00. The summed E-state index contributed by atoms with van der Waals surface area (Å²) < 4.78 is 28.4. The topological polar surface area (TPSA) is 24.9 Å². The zero-order chi connectivity index (χ0) is 16.0. The van der Waals surface area contributed by atoms with Crippen molar-refractivity contribution >= 4 is 43.8 Å². The van der Waals surface area contributed by atoms with Crippen molar-refractivity contribution in [3.05, 3.63) is 65.0 Å². The molecule has 2 heterocycles. The highest BCUT2D eigenvalue weighted by molar-refractivity contribution is 7.18. The van der Waals surface area contributed by atoms with Gasteiger partial charge in [-0.2, -0.15) is 0 Å².